The van der Waals surface area contributed by atoms with Gasteiger partial charge in [0, 0.05) is 11.9 Å². The average molecular weight is 293 g/mol. The third-order valence-electron chi connectivity index (χ3n) is 2.64. The topological polar surface area (TPSA) is 83.9 Å². The van der Waals surface area contributed by atoms with Crippen LogP contribution in [-0.4, -0.2) is 34.3 Å². The van der Waals surface area contributed by atoms with E-state index in [0.717, 1.165) is 11.4 Å². The first-order valence-corrected chi connectivity index (χ1v) is 6.38. The number of methoxy groups -OCH3 is 1. The molecule has 1 aromatic carbocycles. The summed E-state index contributed by atoms with van der Waals surface area (Å²) in [5.74, 6) is -2.19. The average Bonchev–Trinajstić information content (AvgIpc) is 2.68. The molecule has 1 N–H and O–H groups in total. The molecule has 0 fully saturated rings. The number of rotatable bonds is 3. The molecule has 7 heteroatoms. The second kappa shape index (κ2) is 5.38. The lowest BCUT2D eigenvalue weighted by Crippen LogP contribution is -2.24. The van der Waals surface area contributed by atoms with E-state index >= 15 is 0 Å². The number of carbonyl (C=O) groups is 3. The molecule has 1 aliphatic rings. The van der Waals surface area contributed by atoms with E-state index < -0.39 is 17.8 Å². The predicted octanol–water partition coefficient (Wildman–Crippen LogP) is 1.89. The van der Waals surface area contributed by atoms with Crippen molar-refractivity contribution in [1.82, 2.24) is 4.31 Å². The van der Waals surface area contributed by atoms with Gasteiger partial charge in [0.2, 0.25) is 0 Å². The summed E-state index contributed by atoms with van der Waals surface area (Å²) in [6.07, 6.45) is 0. The maximum Gasteiger partial charge on any atom is 0.349 e. The highest BCUT2D eigenvalue weighted by atomic mass is 32.2. The van der Waals surface area contributed by atoms with Gasteiger partial charge in [0.15, 0.2) is 4.91 Å². The molecule has 2 rings (SSSR count). The number of carbonyl (C=O) groups excluding carboxylic acids is 3. The normalized spacial score (nSPS) is 15.0. The molecule has 1 aliphatic heterocycles. The van der Waals surface area contributed by atoms with Crippen molar-refractivity contribution < 1.29 is 24.2 Å². The molecule has 6 nitrogen and oxygen atoms in total. The monoisotopic (exact) mass is 293 g/mol. The second-order valence-corrected chi connectivity index (χ2v) is 4.90. The Balaban J connectivity index is 2.33. The number of aliphatic hydroxyl groups excluding tert-OH is 1. The Morgan fingerprint density at radius 3 is 2.10 bits per heavy atom. The van der Waals surface area contributed by atoms with Crippen molar-refractivity contribution >= 4 is 29.7 Å². The lowest BCUT2D eigenvalue weighted by atomic mass is 10.1. The number of nitrogens with zero attached hydrogens (tertiary/aromatic N) is 1. The van der Waals surface area contributed by atoms with Gasteiger partial charge in [-0.15, -0.1) is 0 Å². The number of aliphatic hydroxyl groups is 1. The van der Waals surface area contributed by atoms with Crippen LogP contribution in [0.1, 0.15) is 27.6 Å². The number of imide groups is 1. The van der Waals surface area contributed by atoms with Crippen molar-refractivity contribution in [2.45, 2.75) is 6.92 Å². The second-order valence-electron chi connectivity index (χ2n) is 3.95. The van der Waals surface area contributed by atoms with E-state index in [4.69, 9.17) is 0 Å². The minimum atomic E-state index is -0.813. The van der Waals surface area contributed by atoms with Gasteiger partial charge in [0.1, 0.15) is 5.76 Å². The molecule has 0 unspecified atom stereocenters. The molecule has 0 saturated heterocycles. The van der Waals surface area contributed by atoms with Gasteiger partial charge in [-0.25, -0.2) is 9.10 Å². The van der Waals surface area contributed by atoms with Gasteiger partial charge in [-0.3, -0.25) is 9.59 Å². The minimum Gasteiger partial charge on any atom is -0.511 e. The summed E-state index contributed by atoms with van der Waals surface area (Å²) in [6, 6.07) is 6.35. The smallest absolute Gasteiger partial charge is 0.349 e. The van der Waals surface area contributed by atoms with E-state index in [0.29, 0.717) is 11.9 Å². The van der Waals surface area contributed by atoms with E-state index in [1.165, 1.54) is 19.1 Å². The van der Waals surface area contributed by atoms with E-state index in [9.17, 15) is 19.5 Å². The zero-order valence-corrected chi connectivity index (χ0v) is 11.6. The van der Waals surface area contributed by atoms with Crippen molar-refractivity contribution in [2.75, 3.05) is 7.11 Å². The highest BCUT2D eigenvalue weighted by molar-refractivity contribution is 8.02. The largest absolute Gasteiger partial charge is 0.511 e. The first-order valence-electron chi connectivity index (χ1n) is 5.61. The fraction of sp³-hybridized carbons (Fsp3) is 0.154. The first-order chi connectivity index (χ1) is 9.47. The number of esters is 1. The number of ether oxygens (including phenoxy) is 1. The standard InChI is InChI=1S/C13H11NO5S/c1-7(15)10(13(18)19-2)20-14-11(16)8-5-3-4-6-9(8)12(14)17/h3-6,15H,1-2H3/b10-7+. The molecule has 104 valence electrons. The van der Waals surface area contributed by atoms with Gasteiger partial charge >= 0.3 is 5.97 Å². The van der Waals surface area contributed by atoms with Crippen molar-refractivity contribution in [1.29, 1.82) is 0 Å². The van der Waals surface area contributed by atoms with Crippen LogP contribution in [0.3, 0.4) is 0 Å². The Kier molecular flexibility index (Phi) is 3.80. The van der Waals surface area contributed by atoms with Gasteiger partial charge < -0.3 is 9.84 Å². The molecule has 0 radical (unpaired) electrons. The summed E-state index contributed by atoms with van der Waals surface area (Å²) < 4.78 is 5.33. The van der Waals surface area contributed by atoms with Crippen LogP contribution in [0.25, 0.3) is 0 Å². The Labute approximate surface area is 119 Å². The Bertz CT molecular complexity index is 598. The van der Waals surface area contributed by atoms with Crippen LogP contribution >= 0.6 is 11.9 Å². The van der Waals surface area contributed by atoms with Crippen LogP contribution in [0.2, 0.25) is 0 Å². The predicted molar refractivity (Wildman–Crippen MR) is 71.9 cm³/mol. The molecule has 0 bridgehead atoms. The van der Waals surface area contributed by atoms with E-state index in [-0.39, 0.29) is 21.8 Å². The molecule has 1 heterocycles. The fourth-order valence-electron chi connectivity index (χ4n) is 1.69. The van der Waals surface area contributed by atoms with Gasteiger partial charge in [0.25, 0.3) is 11.8 Å². The summed E-state index contributed by atoms with van der Waals surface area (Å²) in [7, 11) is 1.15. The van der Waals surface area contributed by atoms with Crippen LogP contribution in [-0.2, 0) is 9.53 Å². The minimum absolute atomic E-state index is 0.206. The lowest BCUT2D eigenvalue weighted by Gasteiger charge is -2.13. The van der Waals surface area contributed by atoms with Gasteiger partial charge in [-0.05, 0) is 19.1 Å². The van der Waals surface area contributed by atoms with Crippen molar-refractivity contribution in [3.05, 3.63) is 46.1 Å². The molecule has 0 atom stereocenters. The summed E-state index contributed by atoms with van der Waals surface area (Å²) in [4.78, 5) is 35.5. The van der Waals surface area contributed by atoms with E-state index in [1.54, 1.807) is 12.1 Å². The number of hydrogen-bond donors (Lipinski definition) is 1. The maximum absolute atomic E-state index is 12.1. The molecule has 0 aliphatic carbocycles. The van der Waals surface area contributed by atoms with Crippen LogP contribution in [0.15, 0.2) is 34.9 Å². The highest BCUT2D eigenvalue weighted by Crippen LogP contribution is 2.33. The molecular weight excluding hydrogens is 282 g/mol. The van der Waals surface area contributed by atoms with Crippen molar-refractivity contribution in [3.8, 4) is 0 Å². The molecule has 20 heavy (non-hydrogen) atoms. The summed E-state index contributed by atoms with van der Waals surface area (Å²) >= 11 is 0.555. The fourth-order valence-corrected chi connectivity index (χ4v) is 2.52. The van der Waals surface area contributed by atoms with Crippen LogP contribution in [0, 0.1) is 0 Å². The molecule has 0 aromatic heterocycles. The van der Waals surface area contributed by atoms with Crippen molar-refractivity contribution in [2.24, 2.45) is 0 Å². The number of benzene rings is 1. The number of amides is 2. The zero-order chi connectivity index (χ0) is 14.9. The molecule has 1 aromatic rings. The number of hydrogen-bond acceptors (Lipinski definition) is 6. The number of allylic oxidation sites excluding steroid dienone is 1. The van der Waals surface area contributed by atoms with Crippen LogP contribution in [0.5, 0.6) is 0 Å². The molecule has 0 saturated carbocycles. The van der Waals surface area contributed by atoms with Crippen LogP contribution < -0.4 is 0 Å². The van der Waals surface area contributed by atoms with Crippen LogP contribution in [0.4, 0.5) is 0 Å². The maximum atomic E-state index is 12.1. The highest BCUT2D eigenvalue weighted by Gasteiger charge is 2.38. The van der Waals surface area contributed by atoms with E-state index in [1.807, 2.05) is 0 Å². The molecule has 2 amide bonds. The molecular formula is C13H11NO5S. The Morgan fingerprint density at radius 1 is 1.20 bits per heavy atom. The van der Waals surface area contributed by atoms with E-state index in [2.05, 4.69) is 4.74 Å². The first kappa shape index (κ1) is 14.1. The van der Waals surface area contributed by atoms with Gasteiger partial charge in [-0.2, -0.15) is 0 Å². The SMILES string of the molecule is COC(=O)/C(SN1C(=O)c2ccccc2C1=O)=C(/C)O. The summed E-state index contributed by atoms with van der Waals surface area (Å²) in [5.41, 5.74) is 0.537. The Hall–Kier alpha value is -2.28. The summed E-state index contributed by atoms with van der Waals surface area (Å²) in [6.45, 7) is 1.28. The number of fused-ring (bicyclic) bond motifs is 1. The van der Waals surface area contributed by atoms with Crippen molar-refractivity contribution in [3.63, 3.8) is 0 Å². The molecule has 0 spiro atoms. The third-order valence-corrected chi connectivity index (χ3v) is 3.80. The quantitative estimate of drug-likeness (QED) is 0.301. The lowest BCUT2D eigenvalue weighted by molar-refractivity contribution is -0.135. The Morgan fingerprint density at radius 2 is 1.70 bits per heavy atom. The van der Waals surface area contributed by atoms with Gasteiger partial charge in [0.05, 0.1) is 18.2 Å². The third kappa shape index (κ3) is 2.27. The van der Waals surface area contributed by atoms with Gasteiger partial charge in [-0.1, -0.05) is 12.1 Å². The zero-order valence-electron chi connectivity index (χ0n) is 10.7. The summed E-state index contributed by atoms with van der Waals surface area (Å²) in [5, 5.41) is 9.47.